The van der Waals surface area contributed by atoms with Crippen LogP contribution in [0.15, 0.2) is 46.2 Å². The maximum absolute atomic E-state index is 12.4. The molecule has 0 spiro atoms. The standard InChI is InChI=1S/C28H24Cl2N10O14S2/c29-23-33-25(37-27(35-23)39(9-19(41)42)10-20(43)44)31-15-5-3-13(17(7-15)55(49,50)51)1-2-14-4-6-16(8-18(14)56(52,53)54)32-26-34-24(30)36-28(38-26)40(11-21(45)46)12-22(47)48/h1-8H,9-12H2,(H,41,42)(H,43,44)(H,45,46)(H,47,48)(H,49,50,51)(H,52,53,54)(H,31,33,35,37)(H,32,34,36,38)/b2-1+. The normalized spacial score (nSPS) is 11.6. The van der Waals surface area contributed by atoms with Crippen LogP contribution in [0.4, 0.5) is 35.2 Å². The quantitative estimate of drug-likeness (QED) is 0.0518. The highest BCUT2D eigenvalue weighted by Gasteiger charge is 2.22. The van der Waals surface area contributed by atoms with E-state index in [4.69, 9.17) is 43.6 Å². The number of benzene rings is 2. The minimum Gasteiger partial charge on any atom is -0.480 e. The molecule has 0 fully saturated rings. The Hall–Kier alpha value is -6.32. The number of rotatable bonds is 18. The van der Waals surface area contributed by atoms with Crippen LogP contribution in [0.5, 0.6) is 0 Å². The van der Waals surface area contributed by atoms with Crippen molar-refractivity contribution in [3.63, 3.8) is 0 Å². The fourth-order valence-electron chi connectivity index (χ4n) is 4.51. The van der Waals surface area contributed by atoms with Crippen molar-refractivity contribution in [3.05, 3.63) is 58.1 Å². The van der Waals surface area contributed by atoms with Gasteiger partial charge in [0.1, 0.15) is 36.0 Å². The van der Waals surface area contributed by atoms with Gasteiger partial charge in [0.25, 0.3) is 20.2 Å². The predicted octanol–water partition coefficient (Wildman–Crippen LogP) is 1.47. The highest BCUT2D eigenvalue weighted by Crippen LogP contribution is 2.28. The van der Waals surface area contributed by atoms with Gasteiger partial charge in [-0.2, -0.15) is 46.7 Å². The van der Waals surface area contributed by atoms with Crippen LogP contribution in [0.2, 0.25) is 10.6 Å². The Labute approximate surface area is 323 Å². The van der Waals surface area contributed by atoms with Crippen LogP contribution >= 0.6 is 23.2 Å². The lowest BCUT2D eigenvalue weighted by molar-refractivity contribution is -0.138. The van der Waals surface area contributed by atoms with Gasteiger partial charge in [0.2, 0.25) is 34.4 Å². The number of halogens is 2. The van der Waals surface area contributed by atoms with Gasteiger partial charge in [-0.05, 0) is 58.6 Å². The lowest BCUT2D eigenvalue weighted by atomic mass is 10.1. The summed E-state index contributed by atoms with van der Waals surface area (Å²) >= 11 is 11.9. The van der Waals surface area contributed by atoms with Gasteiger partial charge in [-0.3, -0.25) is 28.3 Å². The number of carboxylic acid groups (broad SMARTS) is 4. The van der Waals surface area contributed by atoms with Gasteiger partial charge >= 0.3 is 23.9 Å². The average molecular weight is 860 g/mol. The lowest BCUT2D eigenvalue weighted by Crippen LogP contribution is -2.36. The van der Waals surface area contributed by atoms with Crippen LogP contribution in [-0.4, -0.2) is 126 Å². The lowest BCUT2D eigenvalue weighted by Gasteiger charge is -2.19. The van der Waals surface area contributed by atoms with Gasteiger partial charge in [-0.1, -0.05) is 24.3 Å². The Morgan fingerprint density at radius 1 is 0.571 bits per heavy atom. The summed E-state index contributed by atoms with van der Waals surface area (Å²) in [5.41, 5.74) is -0.583. The number of aromatic nitrogens is 6. The third kappa shape index (κ3) is 12.1. The Morgan fingerprint density at radius 2 is 0.893 bits per heavy atom. The second-order valence-corrected chi connectivity index (χ2v) is 14.2. The summed E-state index contributed by atoms with van der Waals surface area (Å²) in [4.78, 5) is 68.0. The van der Waals surface area contributed by atoms with Gasteiger partial charge in [-0.25, -0.2) is 0 Å². The second-order valence-electron chi connectivity index (χ2n) is 10.8. The fraction of sp³-hybridized carbons (Fsp3) is 0.143. The van der Waals surface area contributed by atoms with E-state index in [0.717, 1.165) is 46.2 Å². The first-order valence-electron chi connectivity index (χ1n) is 14.7. The molecule has 56 heavy (non-hydrogen) atoms. The number of hydrogen-bond donors (Lipinski definition) is 8. The number of anilines is 6. The third-order valence-corrected chi connectivity index (χ3v) is 8.76. The van der Waals surface area contributed by atoms with Crippen LogP contribution in [0.3, 0.4) is 0 Å². The molecule has 24 nitrogen and oxygen atoms in total. The molecule has 0 atom stereocenters. The minimum atomic E-state index is -5.00. The molecular weight excluding hydrogens is 835 g/mol. The van der Waals surface area contributed by atoms with Crippen LogP contribution in [0.25, 0.3) is 12.2 Å². The average Bonchev–Trinajstić information content (AvgIpc) is 3.05. The van der Waals surface area contributed by atoms with Crippen molar-refractivity contribution >= 4 is 115 Å². The third-order valence-electron chi connectivity index (χ3n) is 6.60. The van der Waals surface area contributed by atoms with Crippen molar-refractivity contribution in [3.8, 4) is 0 Å². The zero-order valence-corrected chi connectivity index (χ0v) is 30.7. The van der Waals surface area contributed by atoms with E-state index in [1.54, 1.807) is 0 Å². The molecule has 0 aliphatic rings. The molecular formula is C28H24Cl2N10O14S2. The summed E-state index contributed by atoms with van der Waals surface area (Å²) < 4.78 is 69.6. The van der Waals surface area contributed by atoms with Crippen molar-refractivity contribution in [1.82, 2.24) is 29.9 Å². The topological polar surface area (TPSA) is 366 Å². The molecule has 0 saturated carbocycles. The summed E-state index contributed by atoms with van der Waals surface area (Å²) in [6, 6.07) is 6.68. The summed E-state index contributed by atoms with van der Waals surface area (Å²) in [7, 11) is -10.0. The first-order chi connectivity index (χ1) is 26.1. The van der Waals surface area contributed by atoms with E-state index in [2.05, 4.69) is 40.5 Å². The van der Waals surface area contributed by atoms with E-state index in [-0.39, 0.29) is 34.4 Å². The maximum atomic E-state index is 12.4. The first-order valence-corrected chi connectivity index (χ1v) is 18.4. The number of hydrogen-bond acceptors (Lipinski definition) is 18. The molecule has 4 aromatic rings. The van der Waals surface area contributed by atoms with E-state index in [1.807, 2.05) is 0 Å². The van der Waals surface area contributed by atoms with E-state index in [9.17, 15) is 45.1 Å². The highest BCUT2D eigenvalue weighted by molar-refractivity contribution is 7.86. The van der Waals surface area contributed by atoms with Crippen LogP contribution in [0, 0.1) is 0 Å². The molecule has 0 aliphatic heterocycles. The van der Waals surface area contributed by atoms with Crippen molar-refractivity contribution < 1.29 is 65.5 Å². The van der Waals surface area contributed by atoms with Gasteiger partial charge in [0, 0.05) is 11.4 Å². The molecule has 0 aliphatic carbocycles. The van der Waals surface area contributed by atoms with E-state index >= 15 is 0 Å². The second kappa shape index (κ2) is 17.4. The molecule has 0 saturated heterocycles. The first kappa shape index (κ1) is 42.4. The number of nitrogens with one attached hydrogen (secondary N) is 2. The highest BCUT2D eigenvalue weighted by atomic mass is 35.5. The molecule has 0 radical (unpaired) electrons. The molecule has 0 unspecified atom stereocenters. The van der Waals surface area contributed by atoms with Crippen molar-refractivity contribution in [2.75, 3.05) is 46.6 Å². The van der Waals surface area contributed by atoms with Crippen molar-refractivity contribution in [2.45, 2.75) is 9.79 Å². The summed E-state index contributed by atoms with van der Waals surface area (Å²) in [5.74, 6) is -7.36. The molecule has 2 aromatic heterocycles. The Bertz CT molecular complexity index is 2270. The maximum Gasteiger partial charge on any atom is 0.323 e. The monoisotopic (exact) mass is 858 g/mol. The molecule has 296 valence electrons. The fourth-order valence-corrected chi connectivity index (χ4v) is 6.24. The molecule has 2 aromatic carbocycles. The molecule has 0 bridgehead atoms. The number of carbonyl (C=O) groups is 4. The molecule has 28 heteroatoms. The summed E-state index contributed by atoms with van der Waals surface area (Å²) in [6.07, 6.45) is 2.16. The molecule has 8 N–H and O–H groups in total. The Morgan fingerprint density at radius 3 is 1.18 bits per heavy atom. The zero-order chi connectivity index (χ0) is 41.5. The van der Waals surface area contributed by atoms with Gasteiger partial charge in [0.15, 0.2) is 0 Å². The van der Waals surface area contributed by atoms with Crippen molar-refractivity contribution in [2.24, 2.45) is 0 Å². The van der Waals surface area contributed by atoms with Crippen LogP contribution in [0.1, 0.15) is 11.1 Å². The molecule has 4 rings (SSSR count). The zero-order valence-electron chi connectivity index (χ0n) is 27.5. The van der Waals surface area contributed by atoms with Crippen LogP contribution < -0.4 is 20.4 Å². The predicted molar refractivity (Wildman–Crippen MR) is 193 cm³/mol. The minimum absolute atomic E-state index is 0.0873. The molecule has 2 heterocycles. The van der Waals surface area contributed by atoms with Crippen molar-refractivity contribution in [1.29, 1.82) is 0 Å². The Balaban J connectivity index is 1.66. The van der Waals surface area contributed by atoms with Crippen LogP contribution in [-0.2, 0) is 39.4 Å². The Kier molecular flexibility index (Phi) is 13.2. The number of carboxylic acids is 4. The summed E-state index contributed by atoms with van der Waals surface area (Å²) in [5, 5.41) is 40.8. The number of aliphatic carboxylic acids is 4. The van der Waals surface area contributed by atoms with Gasteiger partial charge < -0.3 is 40.9 Å². The van der Waals surface area contributed by atoms with E-state index in [0.29, 0.717) is 0 Å². The number of nitrogens with zero attached hydrogens (tertiary/aromatic N) is 8. The summed E-state index contributed by atoms with van der Waals surface area (Å²) in [6.45, 7) is -3.34. The largest absolute Gasteiger partial charge is 0.480 e. The van der Waals surface area contributed by atoms with Gasteiger partial charge in [0.05, 0.1) is 0 Å². The van der Waals surface area contributed by atoms with E-state index in [1.165, 1.54) is 12.1 Å². The van der Waals surface area contributed by atoms with E-state index < -0.39 is 103 Å². The van der Waals surface area contributed by atoms with Gasteiger partial charge in [-0.15, -0.1) is 0 Å². The SMILES string of the molecule is O=C(O)CN(CC(=O)O)c1nc(Cl)nc(Nc2ccc(/C=C/c3ccc(Nc4nc(Cl)nc(N(CC(=O)O)CC(=O)O)n4)cc3S(=O)(=O)O)c(S(=O)(=O)O)c2)n1. The smallest absolute Gasteiger partial charge is 0.323 e. The molecule has 0 amide bonds.